The van der Waals surface area contributed by atoms with Gasteiger partial charge in [-0.3, -0.25) is 0 Å². The average molecular weight is 149 g/mol. The Morgan fingerprint density at radius 3 is 2.78 bits per heavy atom. The van der Waals surface area contributed by atoms with Crippen molar-refractivity contribution in [3.05, 3.63) is 0 Å². The van der Waals surface area contributed by atoms with Gasteiger partial charge in [-0.1, -0.05) is 0 Å². The maximum absolute atomic E-state index is 8.32. The Hall–Kier alpha value is -0.390. The maximum Gasteiger partial charge on any atom is 0.180 e. The van der Waals surface area contributed by atoms with E-state index in [0.29, 0.717) is 18.1 Å². The van der Waals surface area contributed by atoms with Crippen molar-refractivity contribution in [2.24, 2.45) is 5.84 Å². The van der Waals surface area contributed by atoms with Gasteiger partial charge in [0.15, 0.2) is 5.11 Å². The van der Waals surface area contributed by atoms with Gasteiger partial charge in [-0.15, -0.1) is 0 Å². The van der Waals surface area contributed by atoms with Crippen LogP contribution in [0.15, 0.2) is 0 Å². The molecule has 0 aliphatic heterocycles. The SMILES string of the molecule is NNC(=S)NCCCO. The standard InChI is InChI=1S/C4H11N3OS/c5-7-4(9)6-2-1-3-8/h8H,1-3,5H2,(H2,6,7,9). The molecule has 0 aromatic rings. The molecule has 0 bridgehead atoms. The van der Waals surface area contributed by atoms with Crippen molar-refractivity contribution in [3.8, 4) is 0 Å². The Kier molecular flexibility index (Phi) is 5.49. The van der Waals surface area contributed by atoms with Crippen molar-refractivity contribution in [3.63, 3.8) is 0 Å². The van der Waals surface area contributed by atoms with E-state index in [-0.39, 0.29) is 6.61 Å². The summed E-state index contributed by atoms with van der Waals surface area (Å²) in [6, 6.07) is 0. The van der Waals surface area contributed by atoms with Crippen LogP contribution in [0.5, 0.6) is 0 Å². The summed E-state index contributed by atoms with van der Waals surface area (Å²) in [5.74, 6) is 4.94. The molecule has 5 N–H and O–H groups in total. The number of hydrogen-bond acceptors (Lipinski definition) is 3. The van der Waals surface area contributed by atoms with E-state index < -0.39 is 0 Å². The molecular weight excluding hydrogens is 138 g/mol. The molecule has 0 aromatic carbocycles. The van der Waals surface area contributed by atoms with Gasteiger partial charge >= 0.3 is 0 Å². The zero-order valence-corrected chi connectivity index (χ0v) is 5.87. The monoisotopic (exact) mass is 149 g/mol. The topological polar surface area (TPSA) is 70.3 Å². The number of rotatable bonds is 3. The highest BCUT2D eigenvalue weighted by molar-refractivity contribution is 7.80. The first kappa shape index (κ1) is 8.61. The molecule has 0 atom stereocenters. The van der Waals surface area contributed by atoms with Crippen LogP contribution in [0.25, 0.3) is 0 Å². The molecule has 0 amide bonds. The van der Waals surface area contributed by atoms with Crippen molar-refractivity contribution in [2.45, 2.75) is 6.42 Å². The van der Waals surface area contributed by atoms with Crippen LogP contribution in [0.3, 0.4) is 0 Å². The number of hydrazine groups is 1. The molecule has 0 radical (unpaired) electrons. The van der Waals surface area contributed by atoms with Gasteiger partial charge in [0.25, 0.3) is 0 Å². The second-order valence-corrected chi connectivity index (χ2v) is 1.89. The number of hydrogen-bond donors (Lipinski definition) is 4. The van der Waals surface area contributed by atoms with Gasteiger partial charge in [-0.05, 0) is 18.6 Å². The number of nitrogens with one attached hydrogen (secondary N) is 2. The first-order valence-corrected chi connectivity index (χ1v) is 3.07. The molecule has 4 nitrogen and oxygen atoms in total. The Bertz CT molecular complexity index is 87.9. The molecule has 0 aliphatic carbocycles. The molecule has 0 heterocycles. The molecule has 9 heavy (non-hydrogen) atoms. The van der Waals surface area contributed by atoms with Crippen LogP contribution in [0, 0.1) is 0 Å². The molecule has 0 saturated heterocycles. The van der Waals surface area contributed by atoms with Crippen LogP contribution in [0.4, 0.5) is 0 Å². The van der Waals surface area contributed by atoms with Gasteiger partial charge in [0.1, 0.15) is 0 Å². The molecule has 0 aliphatic rings. The molecule has 0 spiro atoms. The second-order valence-electron chi connectivity index (χ2n) is 1.48. The summed E-state index contributed by atoms with van der Waals surface area (Å²) in [5, 5.41) is 11.5. The highest BCUT2D eigenvalue weighted by Crippen LogP contribution is 1.70. The van der Waals surface area contributed by atoms with Crippen LogP contribution in [-0.4, -0.2) is 23.4 Å². The lowest BCUT2D eigenvalue weighted by atomic mass is 10.5. The van der Waals surface area contributed by atoms with E-state index in [1.165, 1.54) is 0 Å². The predicted octanol–water partition coefficient (Wildman–Crippen LogP) is -1.29. The average Bonchev–Trinajstić information content (AvgIpc) is 1.89. The molecule has 0 fully saturated rings. The maximum atomic E-state index is 8.32. The largest absolute Gasteiger partial charge is 0.396 e. The van der Waals surface area contributed by atoms with Gasteiger partial charge in [0.05, 0.1) is 0 Å². The first-order valence-electron chi connectivity index (χ1n) is 2.66. The van der Waals surface area contributed by atoms with Crippen molar-refractivity contribution in [1.29, 1.82) is 0 Å². The van der Waals surface area contributed by atoms with E-state index in [4.69, 9.17) is 10.9 Å². The second kappa shape index (κ2) is 5.74. The molecule has 0 aromatic heterocycles. The van der Waals surface area contributed by atoms with E-state index in [0.717, 1.165) is 0 Å². The van der Waals surface area contributed by atoms with Gasteiger partial charge < -0.3 is 15.8 Å². The van der Waals surface area contributed by atoms with E-state index in [1.807, 2.05) is 0 Å². The molecule has 0 rings (SSSR count). The van der Waals surface area contributed by atoms with E-state index in [1.54, 1.807) is 0 Å². The van der Waals surface area contributed by atoms with Crippen molar-refractivity contribution in [2.75, 3.05) is 13.2 Å². The van der Waals surface area contributed by atoms with E-state index in [2.05, 4.69) is 23.0 Å². The van der Waals surface area contributed by atoms with Gasteiger partial charge in [0, 0.05) is 13.2 Å². The summed E-state index contributed by atoms with van der Waals surface area (Å²) in [6.45, 7) is 0.819. The summed E-state index contributed by atoms with van der Waals surface area (Å²) in [6.07, 6.45) is 0.682. The first-order chi connectivity index (χ1) is 4.31. The van der Waals surface area contributed by atoms with Crippen LogP contribution < -0.4 is 16.6 Å². The normalized spacial score (nSPS) is 8.67. The minimum atomic E-state index is 0.167. The third-order valence-electron chi connectivity index (χ3n) is 0.752. The lowest BCUT2D eigenvalue weighted by Gasteiger charge is -2.03. The smallest absolute Gasteiger partial charge is 0.180 e. The summed E-state index contributed by atoms with van der Waals surface area (Å²) in [7, 11) is 0. The summed E-state index contributed by atoms with van der Waals surface area (Å²) in [5.41, 5.74) is 2.26. The number of aliphatic hydroxyl groups excluding tert-OH is 1. The van der Waals surface area contributed by atoms with Crippen LogP contribution >= 0.6 is 12.2 Å². The highest BCUT2D eigenvalue weighted by Gasteiger charge is 1.87. The van der Waals surface area contributed by atoms with Crippen molar-refractivity contribution >= 4 is 17.3 Å². The van der Waals surface area contributed by atoms with Gasteiger partial charge in [0.2, 0.25) is 0 Å². The lowest BCUT2D eigenvalue weighted by Crippen LogP contribution is -2.40. The third kappa shape index (κ3) is 5.48. The fourth-order valence-corrected chi connectivity index (χ4v) is 0.434. The minimum Gasteiger partial charge on any atom is -0.396 e. The van der Waals surface area contributed by atoms with E-state index in [9.17, 15) is 0 Å². The molecule has 0 saturated carbocycles. The van der Waals surface area contributed by atoms with Crippen molar-refractivity contribution < 1.29 is 5.11 Å². The summed E-state index contributed by atoms with van der Waals surface area (Å²) >= 11 is 4.64. The van der Waals surface area contributed by atoms with Crippen LogP contribution in [0.2, 0.25) is 0 Å². The van der Waals surface area contributed by atoms with Gasteiger partial charge in [-0.25, -0.2) is 5.84 Å². The Balaban J connectivity index is 2.97. The Morgan fingerprint density at radius 1 is 1.67 bits per heavy atom. The highest BCUT2D eigenvalue weighted by atomic mass is 32.1. The minimum absolute atomic E-state index is 0.167. The predicted molar refractivity (Wildman–Crippen MR) is 39.6 cm³/mol. The number of thiocarbonyl (C=S) groups is 1. The number of nitrogens with two attached hydrogens (primary N) is 1. The third-order valence-corrected chi connectivity index (χ3v) is 1.01. The van der Waals surface area contributed by atoms with Gasteiger partial charge in [-0.2, -0.15) is 0 Å². The van der Waals surface area contributed by atoms with Crippen LogP contribution in [0.1, 0.15) is 6.42 Å². The Labute approximate surface area is 59.4 Å². The zero-order chi connectivity index (χ0) is 7.11. The molecule has 0 unspecified atom stereocenters. The summed E-state index contributed by atoms with van der Waals surface area (Å²) < 4.78 is 0. The molecular formula is C4H11N3OS. The van der Waals surface area contributed by atoms with Crippen molar-refractivity contribution in [1.82, 2.24) is 10.7 Å². The summed E-state index contributed by atoms with van der Waals surface area (Å²) in [4.78, 5) is 0. The van der Waals surface area contributed by atoms with E-state index >= 15 is 0 Å². The molecule has 5 heteroatoms. The Morgan fingerprint density at radius 2 is 2.33 bits per heavy atom. The van der Waals surface area contributed by atoms with Crippen LogP contribution in [-0.2, 0) is 0 Å². The quantitative estimate of drug-likeness (QED) is 0.174. The molecule has 54 valence electrons. The zero-order valence-electron chi connectivity index (χ0n) is 5.05. The lowest BCUT2D eigenvalue weighted by molar-refractivity contribution is 0.289. The fraction of sp³-hybridized carbons (Fsp3) is 0.750. The fourth-order valence-electron chi connectivity index (χ4n) is 0.332. The number of aliphatic hydroxyl groups is 1.